The van der Waals surface area contributed by atoms with E-state index in [1.54, 1.807) is 0 Å². The van der Waals surface area contributed by atoms with Crippen molar-refractivity contribution in [3.63, 3.8) is 0 Å². The molecule has 1 aliphatic heterocycles. The molecule has 1 unspecified atom stereocenters. The van der Waals surface area contributed by atoms with Gasteiger partial charge in [-0.25, -0.2) is 18.2 Å². The summed E-state index contributed by atoms with van der Waals surface area (Å²) in [6.45, 7) is 6.91. The van der Waals surface area contributed by atoms with Crippen molar-refractivity contribution in [3.05, 3.63) is 29.8 Å². The van der Waals surface area contributed by atoms with E-state index in [2.05, 4.69) is 26.3 Å². The van der Waals surface area contributed by atoms with Crippen LogP contribution in [0, 0.1) is 0 Å². The van der Waals surface area contributed by atoms with Gasteiger partial charge in [0.15, 0.2) is 15.8 Å². The minimum atomic E-state index is -2.93. The monoisotopic (exact) mass is 395 g/mol. The molecule has 1 aliphatic rings. The molecule has 0 aromatic heterocycles. The number of carbonyl (C=O) groups excluding carboxylic acids is 1. The first-order valence-corrected chi connectivity index (χ1v) is 11.0. The van der Waals surface area contributed by atoms with Gasteiger partial charge in [0.05, 0.1) is 18.1 Å². The Labute approximate surface area is 161 Å². The van der Waals surface area contributed by atoms with Gasteiger partial charge in [-0.05, 0) is 44.9 Å². The molecule has 4 N–H and O–H groups in total. The molecule has 150 valence electrons. The minimum absolute atomic E-state index is 0.0745. The normalized spacial score (nSPS) is 19.0. The van der Waals surface area contributed by atoms with Crippen LogP contribution in [0.4, 0.5) is 10.5 Å². The molecular weight excluding hydrogens is 366 g/mol. The van der Waals surface area contributed by atoms with Crippen LogP contribution < -0.4 is 21.3 Å². The number of hydrogen-bond donors (Lipinski definition) is 4. The highest BCUT2D eigenvalue weighted by Crippen LogP contribution is 2.12. The van der Waals surface area contributed by atoms with E-state index in [4.69, 9.17) is 0 Å². The maximum atomic E-state index is 11.7. The third-order valence-electron chi connectivity index (χ3n) is 3.97. The highest BCUT2D eigenvalue weighted by Gasteiger charge is 2.28. The number of rotatable bonds is 6. The molecule has 1 atom stereocenters. The Balaban J connectivity index is 1.92. The maximum absolute atomic E-state index is 11.7. The summed E-state index contributed by atoms with van der Waals surface area (Å²) in [5, 5.41) is 11.9. The van der Waals surface area contributed by atoms with Crippen LogP contribution >= 0.6 is 0 Å². The lowest BCUT2D eigenvalue weighted by Gasteiger charge is -2.15. The van der Waals surface area contributed by atoms with Gasteiger partial charge in [-0.2, -0.15) is 0 Å². The topological polar surface area (TPSA) is 112 Å². The number of guanidine groups is 1. The molecule has 27 heavy (non-hydrogen) atoms. The average Bonchev–Trinajstić information content (AvgIpc) is 2.92. The Hall–Kier alpha value is -2.29. The van der Waals surface area contributed by atoms with E-state index in [1.807, 2.05) is 45.0 Å². The number of amides is 2. The Kier molecular flexibility index (Phi) is 7.46. The van der Waals surface area contributed by atoms with Crippen molar-refractivity contribution in [3.8, 4) is 0 Å². The van der Waals surface area contributed by atoms with Crippen molar-refractivity contribution in [2.75, 3.05) is 23.4 Å². The summed E-state index contributed by atoms with van der Waals surface area (Å²) < 4.78 is 23.2. The molecule has 1 aromatic rings. The largest absolute Gasteiger partial charge is 0.357 e. The number of aliphatic imine (C=N–C) groups is 1. The van der Waals surface area contributed by atoms with Crippen molar-refractivity contribution >= 4 is 27.5 Å². The van der Waals surface area contributed by atoms with Crippen LogP contribution in [0.15, 0.2) is 29.3 Å². The van der Waals surface area contributed by atoms with Crippen LogP contribution in [0.2, 0.25) is 0 Å². The van der Waals surface area contributed by atoms with Gasteiger partial charge in [-0.3, -0.25) is 0 Å². The van der Waals surface area contributed by atoms with Crippen LogP contribution in [-0.2, 0) is 16.4 Å². The first-order valence-electron chi connectivity index (χ1n) is 9.19. The highest BCUT2D eigenvalue weighted by atomic mass is 32.2. The van der Waals surface area contributed by atoms with Crippen LogP contribution in [0.5, 0.6) is 0 Å². The average molecular weight is 396 g/mol. The zero-order chi connectivity index (χ0) is 19.9. The number of carbonyl (C=O) groups is 1. The first kappa shape index (κ1) is 21.0. The molecule has 8 nitrogen and oxygen atoms in total. The van der Waals surface area contributed by atoms with Crippen LogP contribution in [-0.4, -0.2) is 50.5 Å². The number of urea groups is 1. The van der Waals surface area contributed by atoms with E-state index < -0.39 is 9.84 Å². The number of anilines is 1. The second kappa shape index (κ2) is 9.59. The molecule has 1 saturated heterocycles. The highest BCUT2D eigenvalue weighted by molar-refractivity contribution is 7.91. The van der Waals surface area contributed by atoms with E-state index >= 15 is 0 Å². The van der Waals surface area contributed by atoms with Crippen molar-refractivity contribution in [1.82, 2.24) is 16.0 Å². The van der Waals surface area contributed by atoms with Crippen LogP contribution in [0.3, 0.4) is 0 Å². The van der Waals surface area contributed by atoms with Crippen LogP contribution in [0.1, 0.15) is 32.8 Å². The van der Waals surface area contributed by atoms with Gasteiger partial charge in [0, 0.05) is 24.3 Å². The number of nitrogens with zero attached hydrogens (tertiary/aromatic N) is 1. The summed E-state index contributed by atoms with van der Waals surface area (Å²) in [6.07, 6.45) is 0.603. The summed E-state index contributed by atoms with van der Waals surface area (Å²) in [5.41, 5.74) is 1.70. The molecule has 0 spiro atoms. The van der Waals surface area contributed by atoms with E-state index in [0.717, 1.165) is 5.56 Å². The van der Waals surface area contributed by atoms with Gasteiger partial charge in [-0.15, -0.1) is 0 Å². The van der Waals surface area contributed by atoms with Crippen LogP contribution in [0.25, 0.3) is 0 Å². The van der Waals surface area contributed by atoms with Crippen molar-refractivity contribution < 1.29 is 13.2 Å². The Bertz CT molecular complexity index is 760. The lowest BCUT2D eigenvalue weighted by atomic mass is 10.2. The molecular formula is C18H29N5O3S. The van der Waals surface area contributed by atoms with Gasteiger partial charge in [0.2, 0.25) is 0 Å². The van der Waals surface area contributed by atoms with E-state index in [0.29, 0.717) is 31.2 Å². The number of nitrogens with one attached hydrogen (secondary N) is 4. The SMILES string of the molecule is CCNC(=NCc1ccc(NC(=O)NC(C)C)cc1)NC1CCS(=O)(=O)C1. The Morgan fingerprint density at radius 1 is 1.26 bits per heavy atom. The lowest BCUT2D eigenvalue weighted by molar-refractivity contribution is 0.250. The molecule has 1 heterocycles. The summed E-state index contributed by atoms with van der Waals surface area (Å²) in [7, 11) is -2.93. The summed E-state index contributed by atoms with van der Waals surface area (Å²) in [6, 6.07) is 7.20. The molecule has 1 fully saturated rings. The van der Waals surface area contributed by atoms with E-state index in [-0.39, 0.29) is 29.6 Å². The van der Waals surface area contributed by atoms with Gasteiger partial charge >= 0.3 is 6.03 Å². The van der Waals surface area contributed by atoms with Gasteiger partial charge in [0.1, 0.15) is 0 Å². The predicted molar refractivity (Wildman–Crippen MR) is 109 cm³/mol. The Morgan fingerprint density at radius 3 is 2.52 bits per heavy atom. The molecule has 0 bridgehead atoms. The third-order valence-corrected chi connectivity index (χ3v) is 5.74. The van der Waals surface area contributed by atoms with Crippen molar-refractivity contribution in [1.29, 1.82) is 0 Å². The standard InChI is InChI=1S/C18H29N5O3S/c1-4-19-17(22-16-9-10-27(25,26)12-16)20-11-14-5-7-15(8-6-14)23-18(24)21-13(2)3/h5-8,13,16H,4,9-12H2,1-3H3,(H2,19,20,22)(H2,21,23,24). The third kappa shape index (κ3) is 7.46. The fourth-order valence-electron chi connectivity index (χ4n) is 2.72. The smallest absolute Gasteiger partial charge is 0.319 e. The van der Waals surface area contributed by atoms with Gasteiger partial charge in [-0.1, -0.05) is 12.1 Å². The predicted octanol–water partition coefficient (Wildman–Crippen LogP) is 1.46. The fraction of sp³-hybridized carbons (Fsp3) is 0.556. The lowest BCUT2D eigenvalue weighted by Crippen LogP contribution is -2.44. The Morgan fingerprint density at radius 2 is 1.96 bits per heavy atom. The molecule has 1 aromatic carbocycles. The summed E-state index contributed by atoms with van der Waals surface area (Å²) in [4.78, 5) is 16.2. The number of benzene rings is 1. The molecule has 2 amide bonds. The zero-order valence-corrected chi connectivity index (χ0v) is 16.9. The van der Waals surface area contributed by atoms with Crippen molar-refractivity contribution in [2.24, 2.45) is 4.99 Å². The maximum Gasteiger partial charge on any atom is 0.319 e. The first-order chi connectivity index (χ1) is 12.8. The fourth-order valence-corrected chi connectivity index (χ4v) is 4.39. The summed E-state index contributed by atoms with van der Waals surface area (Å²) >= 11 is 0. The second-order valence-electron chi connectivity index (χ2n) is 6.89. The van der Waals surface area contributed by atoms with E-state index in [9.17, 15) is 13.2 Å². The molecule has 9 heteroatoms. The summed E-state index contributed by atoms with van der Waals surface area (Å²) in [5.74, 6) is 0.984. The molecule has 0 saturated carbocycles. The van der Waals surface area contributed by atoms with Gasteiger partial charge < -0.3 is 21.3 Å². The molecule has 2 rings (SSSR count). The van der Waals surface area contributed by atoms with E-state index in [1.165, 1.54) is 0 Å². The van der Waals surface area contributed by atoms with Crippen molar-refractivity contribution in [2.45, 2.75) is 45.8 Å². The minimum Gasteiger partial charge on any atom is -0.357 e. The molecule has 0 aliphatic carbocycles. The molecule has 0 radical (unpaired) electrons. The van der Waals surface area contributed by atoms with Gasteiger partial charge in [0.25, 0.3) is 0 Å². The number of sulfone groups is 1. The quantitative estimate of drug-likeness (QED) is 0.430. The number of hydrogen-bond acceptors (Lipinski definition) is 4. The zero-order valence-electron chi connectivity index (χ0n) is 16.1. The second-order valence-corrected chi connectivity index (χ2v) is 9.12.